The monoisotopic (exact) mass is 438 g/mol. The third-order valence-electron chi connectivity index (χ3n) is 5.71. The molecule has 9 heteroatoms. The average Bonchev–Trinajstić information content (AvgIpc) is 3.39. The van der Waals surface area contributed by atoms with Gasteiger partial charge in [-0.05, 0) is 42.9 Å². The number of hydrogen-bond acceptors (Lipinski definition) is 8. The molecule has 0 fully saturated rings. The Hall–Kier alpha value is -3.20. The lowest BCUT2D eigenvalue weighted by Crippen LogP contribution is -2.22. The summed E-state index contributed by atoms with van der Waals surface area (Å²) < 4.78 is 17.6. The van der Waals surface area contributed by atoms with Crippen molar-refractivity contribution in [2.24, 2.45) is 5.92 Å². The highest BCUT2D eigenvalue weighted by Gasteiger charge is 2.23. The molecular weight excluding hydrogens is 416 g/mol. The van der Waals surface area contributed by atoms with E-state index in [4.69, 9.17) is 14.0 Å². The van der Waals surface area contributed by atoms with Gasteiger partial charge < -0.3 is 14.0 Å². The molecule has 0 bridgehead atoms. The molecule has 0 spiro atoms. The highest BCUT2D eigenvalue weighted by Crippen LogP contribution is 2.35. The molecule has 1 aliphatic rings. The second-order valence-electron chi connectivity index (χ2n) is 7.79. The fourth-order valence-electron chi connectivity index (χ4n) is 4.04. The lowest BCUT2D eigenvalue weighted by atomic mass is 9.89. The molecule has 31 heavy (non-hydrogen) atoms. The summed E-state index contributed by atoms with van der Waals surface area (Å²) >= 11 is 1.64. The van der Waals surface area contributed by atoms with E-state index >= 15 is 0 Å². The van der Waals surface area contributed by atoms with E-state index in [0.29, 0.717) is 34.7 Å². The zero-order valence-electron chi connectivity index (χ0n) is 17.5. The highest BCUT2D eigenvalue weighted by atomic mass is 32.1. The van der Waals surface area contributed by atoms with Crippen LogP contribution in [0.4, 0.5) is 0 Å². The number of rotatable bonds is 5. The van der Waals surface area contributed by atoms with Gasteiger partial charge >= 0.3 is 0 Å². The van der Waals surface area contributed by atoms with Crippen LogP contribution in [-0.4, -0.2) is 33.9 Å². The highest BCUT2D eigenvalue weighted by molar-refractivity contribution is 7.18. The molecule has 160 valence electrons. The molecule has 0 saturated carbocycles. The van der Waals surface area contributed by atoms with Crippen LogP contribution >= 0.6 is 11.3 Å². The van der Waals surface area contributed by atoms with Crippen molar-refractivity contribution < 1.29 is 14.0 Å². The van der Waals surface area contributed by atoms with Crippen molar-refractivity contribution in [3.8, 4) is 22.9 Å². The molecule has 0 saturated heterocycles. The number of aryl methyl sites for hydroxylation is 1. The zero-order valence-corrected chi connectivity index (χ0v) is 18.4. The smallest absolute Gasteiger partial charge is 0.262 e. The van der Waals surface area contributed by atoms with Gasteiger partial charge in [0.15, 0.2) is 0 Å². The first-order valence-corrected chi connectivity index (χ1v) is 10.9. The van der Waals surface area contributed by atoms with E-state index in [1.807, 2.05) is 6.07 Å². The van der Waals surface area contributed by atoms with E-state index in [9.17, 15) is 4.79 Å². The molecule has 3 heterocycles. The number of aromatic nitrogens is 4. The fourth-order valence-corrected chi connectivity index (χ4v) is 5.38. The molecule has 0 N–H and O–H groups in total. The van der Waals surface area contributed by atoms with Gasteiger partial charge in [-0.2, -0.15) is 4.98 Å². The zero-order chi connectivity index (χ0) is 21.5. The van der Waals surface area contributed by atoms with Crippen LogP contribution in [0.2, 0.25) is 0 Å². The largest absolute Gasteiger partial charge is 0.497 e. The molecular formula is C22H22N4O4S. The Labute approximate surface area is 182 Å². The van der Waals surface area contributed by atoms with Crippen LogP contribution in [0.1, 0.15) is 29.7 Å². The van der Waals surface area contributed by atoms with Crippen molar-refractivity contribution >= 4 is 21.6 Å². The number of nitrogens with zero attached hydrogens (tertiary/aromatic N) is 4. The van der Waals surface area contributed by atoms with Crippen LogP contribution in [0, 0.1) is 5.92 Å². The summed E-state index contributed by atoms with van der Waals surface area (Å²) in [6, 6.07) is 5.37. The molecule has 0 amide bonds. The second kappa shape index (κ2) is 7.81. The first-order chi connectivity index (χ1) is 15.1. The van der Waals surface area contributed by atoms with Gasteiger partial charge in [-0.15, -0.1) is 11.3 Å². The molecule has 1 atom stereocenters. The molecule has 4 aromatic rings. The molecule has 0 aliphatic heterocycles. The number of ether oxygens (including phenoxy) is 2. The van der Waals surface area contributed by atoms with Crippen LogP contribution in [-0.2, 0) is 19.4 Å². The van der Waals surface area contributed by atoms with Crippen LogP contribution in [0.15, 0.2) is 33.8 Å². The van der Waals surface area contributed by atoms with E-state index in [-0.39, 0.29) is 12.1 Å². The molecule has 8 nitrogen and oxygen atoms in total. The van der Waals surface area contributed by atoms with Crippen molar-refractivity contribution in [1.29, 1.82) is 0 Å². The third kappa shape index (κ3) is 3.48. The standard InChI is InChI=1S/C22H22N4O4S/c1-12-4-6-15-17(8-12)31-21-19(15)22(27)26(11-23-21)10-18-24-20(25-30-18)14-7-5-13(28-2)9-16(14)29-3/h5,7,9,11-12H,4,6,8,10H2,1-3H3. The van der Waals surface area contributed by atoms with E-state index in [1.54, 1.807) is 44.0 Å². The van der Waals surface area contributed by atoms with Gasteiger partial charge in [-0.3, -0.25) is 9.36 Å². The summed E-state index contributed by atoms with van der Waals surface area (Å²) in [5.74, 6) is 2.61. The van der Waals surface area contributed by atoms with Gasteiger partial charge in [0.05, 0.1) is 31.5 Å². The Morgan fingerprint density at radius 2 is 2.16 bits per heavy atom. The van der Waals surface area contributed by atoms with Crippen LogP contribution in [0.5, 0.6) is 11.5 Å². The Morgan fingerprint density at radius 1 is 1.29 bits per heavy atom. The van der Waals surface area contributed by atoms with E-state index in [2.05, 4.69) is 22.0 Å². The minimum Gasteiger partial charge on any atom is -0.497 e. The van der Waals surface area contributed by atoms with Gasteiger partial charge in [-0.1, -0.05) is 12.1 Å². The van der Waals surface area contributed by atoms with Crippen LogP contribution < -0.4 is 15.0 Å². The van der Waals surface area contributed by atoms with Gasteiger partial charge in [0.1, 0.15) is 22.9 Å². The summed E-state index contributed by atoms with van der Waals surface area (Å²) in [7, 11) is 3.16. The maximum atomic E-state index is 13.2. The Bertz CT molecular complexity index is 1320. The predicted molar refractivity (Wildman–Crippen MR) is 117 cm³/mol. The molecule has 3 aromatic heterocycles. The Kier molecular flexibility index (Phi) is 4.97. The minimum atomic E-state index is -0.0566. The number of hydrogen-bond donors (Lipinski definition) is 0. The van der Waals surface area contributed by atoms with Gasteiger partial charge in [-0.25, -0.2) is 4.98 Å². The van der Waals surface area contributed by atoms with Gasteiger partial charge in [0.2, 0.25) is 11.7 Å². The maximum Gasteiger partial charge on any atom is 0.262 e. The van der Waals surface area contributed by atoms with Gasteiger partial charge in [0, 0.05) is 10.9 Å². The van der Waals surface area contributed by atoms with Crippen LogP contribution in [0.3, 0.4) is 0 Å². The summed E-state index contributed by atoms with van der Waals surface area (Å²) in [5, 5.41) is 4.81. The first kappa shape index (κ1) is 19.7. The quantitative estimate of drug-likeness (QED) is 0.469. The lowest BCUT2D eigenvalue weighted by molar-refractivity contribution is 0.369. The van der Waals surface area contributed by atoms with Crippen molar-refractivity contribution in [3.05, 3.63) is 51.2 Å². The Balaban J connectivity index is 1.47. The number of methoxy groups -OCH3 is 2. The molecule has 1 aliphatic carbocycles. The van der Waals surface area contributed by atoms with Crippen molar-refractivity contribution in [1.82, 2.24) is 19.7 Å². The first-order valence-electron chi connectivity index (χ1n) is 10.1. The lowest BCUT2D eigenvalue weighted by Gasteiger charge is -2.17. The van der Waals surface area contributed by atoms with E-state index < -0.39 is 0 Å². The topological polar surface area (TPSA) is 92.3 Å². The number of thiophene rings is 1. The van der Waals surface area contributed by atoms with Crippen LogP contribution in [0.25, 0.3) is 21.6 Å². The summed E-state index contributed by atoms with van der Waals surface area (Å²) in [6.45, 7) is 2.41. The van der Waals surface area contributed by atoms with Crippen molar-refractivity contribution in [3.63, 3.8) is 0 Å². The Morgan fingerprint density at radius 3 is 2.97 bits per heavy atom. The van der Waals surface area contributed by atoms with Crippen molar-refractivity contribution in [2.45, 2.75) is 32.7 Å². The van der Waals surface area contributed by atoms with Crippen molar-refractivity contribution in [2.75, 3.05) is 14.2 Å². The summed E-state index contributed by atoms with van der Waals surface area (Å²) in [4.78, 5) is 24.3. The molecule has 5 rings (SSSR count). The average molecular weight is 439 g/mol. The number of fused-ring (bicyclic) bond motifs is 3. The SMILES string of the molecule is COc1ccc(-c2noc(Cn3cnc4sc5c(c4c3=O)CCC(C)C5)n2)c(OC)c1. The summed E-state index contributed by atoms with van der Waals surface area (Å²) in [6.07, 6.45) is 4.61. The third-order valence-corrected chi connectivity index (χ3v) is 6.87. The molecule has 0 radical (unpaired) electrons. The second-order valence-corrected chi connectivity index (χ2v) is 8.87. The summed E-state index contributed by atoms with van der Waals surface area (Å²) in [5.41, 5.74) is 1.79. The molecule has 1 unspecified atom stereocenters. The maximum absolute atomic E-state index is 13.2. The molecule has 1 aromatic carbocycles. The van der Waals surface area contributed by atoms with E-state index in [0.717, 1.165) is 29.5 Å². The fraction of sp³-hybridized carbons (Fsp3) is 0.364. The normalized spacial score (nSPS) is 15.8. The number of benzene rings is 1. The predicted octanol–water partition coefficient (Wildman–Crippen LogP) is 3.70. The van der Waals surface area contributed by atoms with Gasteiger partial charge in [0.25, 0.3) is 5.56 Å². The van der Waals surface area contributed by atoms with E-state index in [1.165, 1.54) is 15.0 Å². The minimum absolute atomic E-state index is 0.0566.